The van der Waals surface area contributed by atoms with Gasteiger partial charge in [0.25, 0.3) is 0 Å². The molecule has 3 amide bonds. The Morgan fingerprint density at radius 1 is 1.15 bits per heavy atom. The summed E-state index contributed by atoms with van der Waals surface area (Å²) in [4.78, 5) is 54.9. The fraction of sp³-hybridized carbons (Fsp3) is 0.812. The molecule has 14 nitrogen and oxygen atoms in total. The third kappa shape index (κ3) is 8.57. The van der Waals surface area contributed by atoms with Crippen molar-refractivity contribution >= 4 is 35.5 Å². The monoisotopic (exact) mass is 681 g/mol. The van der Waals surface area contributed by atoms with E-state index in [0.29, 0.717) is 25.9 Å². The Hall–Kier alpha value is -2.49. The van der Waals surface area contributed by atoms with Gasteiger partial charge in [-0.3, -0.25) is 9.59 Å². The molecule has 2 saturated heterocycles. The number of amides is 3. The molecule has 3 aliphatic heterocycles. The lowest BCUT2D eigenvalue weighted by molar-refractivity contribution is -0.145. The minimum atomic E-state index is -1.40. The average molecular weight is 682 g/mol. The van der Waals surface area contributed by atoms with Crippen molar-refractivity contribution in [3.8, 4) is 0 Å². The van der Waals surface area contributed by atoms with Crippen molar-refractivity contribution in [1.82, 2.24) is 37.0 Å². The van der Waals surface area contributed by atoms with Crippen LogP contribution in [0.25, 0.3) is 0 Å². The van der Waals surface area contributed by atoms with E-state index < -0.39 is 47.1 Å². The van der Waals surface area contributed by atoms with Gasteiger partial charge >= 0.3 is 12.1 Å². The zero-order chi connectivity index (χ0) is 33.9. The first-order valence-corrected chi connectivity index (χ1v) is 17.6. The summed E-state index contributed by atoms with van der Waals surface area (Å²) in [6.07, 6.45) is 9.65. The van der Waals surface area contributed by atoms with E-state index in [1.165, 1.54) is 4.90 Å². The van der Waals surface area contributed by atoms with Gasteiger partial charge in [0.2, 0.25) is 11.8 Å². The van der Waals surface area contributed by atoms with Crippen LogP contribution in [-0.4, -0.2) is 99.1 Å². The third-order valence-electron chi connectivity index (χ3n) is 9.92. The van der Waals surface area contributed by atoms with Crippen LogP contribution >= 0.6 is 11.6 Å². The second-order valence-corrected chi connectivity index (χ2v) is 15.1. The van der Waals surface area contributed by atoms with E-state index in [0.717, 1.165) is 38.5 Å². The SMILES string of the molecule is CCOC1CCC(C2NNN([C@@H]3C[C@H]4C(=O)N[C@]5(C(=O)O)C[C@H]5/C=C\CCCCC[C@H](NC(=O)OC(C)(C)C)C(=O)N4C3)N2)CC1Cl. The van der Waals surface area contributed by atoms with Gasteiger partial charge in [0.15, 0.2) is 0 Å². The molecule has 15 heteroatoms. The molecule has 4 unspecified atom stereocenters. The first kappa shape index (κ1) is 35.8. The smallest absolute Gasteiger partial charge is 0.408 e. The van der Waals surface area contributed by atoms with Gasteiger partial charge in [-0.05, 0) is 85.0 Å². The topological polar surface area (TPSA) is 174 Å². The van der Waals surface area contributed by atoms with Gasteiger partial charge < -0.3 is 30.1 Å². The summed E-state index contributed by atoms with van der Waals surface area (Å²) in [5, 5.41) is 17.4. The quantitative estimate of drug-likeness (QED) is 0.179. The highest BCUT2D eigenvalue weighted by atomic mass is 35.5. The molecule has 5 rings (SSSR count). The molecule has 5 aliphatic rings. The number of carbonyl (C=O) groups is 4. The number of allylic oxidation sites excluding steroid dienone is 1. The standard InChI is InChI=1S/C32H52ClN7O7/c1-5-46-25-14-13-19(15-22(25)33)26-36-38-40(37-26)21-16-24-27(41)35-32(29(43)44)17-20(32)11-9-7-6-8-10-12-23(28(42)39(24)18-21)34-30(45)47-31(2,3)4/h9,11,19-26,36-38H,5-8,10,12-18H2,1-4H3,(H,34,45)(H,35,41)(H,43,44)/b11-9-/t19?,20-,21-,22?,23+,24+,25?,26?,32-/m1/s1. The zero-order valence-electron chi connectivity index (χ0n) is 27.9. The minimum absolute atomic E-state index is 0.0314. The van der Waals surface area contributed by atoms with Crippen LogP contribution < -0.4 is 27.0 Å². The van der Waals surface area contributed by atoms with Gasteiger partial charge in [-0.15, -0.1) is 11.6 Å². The van der Waals surface area contributed by atoms with Crippen LogP contribution in [0.2, 0.25) is 0 Å². The van der Waals surface area contributed by atoms with Crippen LogP contribution in [0.5, 0.6) is 0 Å². The van der Waals surface area contributed by atoms with Gasteiger partial charge in [0.05, 0.1) is 23.7 Å². The Labute approximate surface area is 281 Å². The molecule has 0 aromatic rings. The maximum Gasteiger partial charge on any atom is 0.408 e. The molecule has 9 atom stereocenters. The third-order valence-corrected chi connectivity index (χ3v) is 10.4. The van der Waals surface area contributed by atoms with Crippen molar-refractivity contribution in [2.24, 2.45) is 11.8 Å². The molecule has 0 aromatic heterocycles. The molecule has 3 heterocycles. The van der Waals surface area contributed by atoms with Crippen LogP contribution in [-0.2, 0) is 23.9 Å². The number of ether oxygens (including phenoxy) is 2. The number of aliphatic carboxylic acids is 1. The molecule has 0 radical (unpaired) electrons. The largest absolute Gasteiger partial charge is 0.479 e. The molecule has 0 aromatic carbocycles. The highest BCUT2D eigenvalue weighted by molar-refractivity contribution is 6.21. The van der Waals surface area contributed by atoms with Crippen LogP contribution in [0.4, 0.5) is 4.79 Å². The number of carboxylic acid groups (broad SMARTS) is 1. The number of rotatable bonds is 6. The zero-order valence-corrected chi connectivity index (χ0v) is 28.7. The number of halogens is 1. The Bertz CT molecular complexity index is 1200. The molecule has 2 aliphatic carbocycles. The van der Waals surface area contributed by atoms with Gasteiger partial charge in [-0.25, -0.2) is 20.4 Å². The van der Waals surface area contributed by atoms with Crippen LogP contribution in [0.15, 0.2) is 12.2 Å². The predicted octanol–water partition coefficient (Wildman–Crippen LogP) is 2.30. The molecule has 0 bridgehead atoms. The average Bonchev–Trinajstić information content (AvgIpc) is 3.32. The van der Waals surface area contributed by atoms with Gasteiger partial charge in [-0.2, -0.15) is 10.7 Å². The lowest BCUT2D eigenvalue weighted by atomic mass is 9.85. The summed E-state index contributed by atoms with van der Waals surface area (Å²) in [5.41, 5.74) is 7.80. The number of hydrogen-bond acceptors (Lipinski definition) is 10. The maximum absolute atomic E-state index is 14.3. The number of fused-ring (bicyclic) bond motifs is 2. The number of alkyl carbamates (subject to hydrolysis) is 1. The van der Waals surface area contributed by atoms with E-state index in [1.54, 1.807) is 25.9 Å². The fourth-order valence-electron chi connectivity index (χ4n) is 7.31. The summed E-state index contributed by atoms with van der Waals surface area (Å²) >= 11 is 6.67. The maximum atomic E-state index is 14.3. The van der Waals surface area contributed by atoms with Gasteiger partial charge in [0.1, 0.15) is 23.2 Å². The first-order chi connectivity index (χ1) is 22.3. The lowest BCUT2D eigenvalue weighted by Crippen LogP contribution is -2.56. The van der Waals surface area contributed by atoms with E-state index in [1.807, 2.05) is 19.1 Å². The molecule has 264 valence electrons. The van der Waals surface area contributed by atoms with Crippen LogP contribution in [0.3, 0.4) is 0 Å². The number of carboxylic acids is 1. The molecule has 6 N–H and O–H groups in total. The Morgan fingerprint density at radius 2 is 1.94 bits per heavy atom. The summed E-state index contributed by atoms with van der Waals surface area (Å²) in [6.45, 7) is 8.03. The Kier molecular flexibility index (Phi) is 11.4. The number of alkyl halides is 1. The van der Waals surface area contributed by atoms with Crippen molar-refractivity contribution in [1.29, 1.82) is 0 Å². The van der Waals surface area contributed by atoms with Crippen molar-refractivity contribution in [2.75, 3.05) is 13.2 Å². The minimum Gasteiger partial charge on any atom is -0.479 e. The summed E-state index contributed by atoms with van der Waals surface area (Å²) in [7, 11) is 0. The van der Waals surface area contributed by atoms with Gasteiger partial charge in [-0.1, -0.05) is 25.0 Å². The highest BCUT2D eigenvalue weighted by Crippen LogP contribution is 2.45. The van der Waals surface area contributed by atoms with Crippen LogP contribution in [0.1, 0.15) is 91.9 Å². The highest BCUT2D eigenvalue weighted by Gasteiger charge is 2.61. The second kappa shape index (κ2) is 15.0. The van der Waals surface area contributed by atoms with E-state index >= 15 is 0 Å². The van der Waals surface area contributed by atoms with E-state index in [-0.39, 0.29) is 48.5 Å². The fourth-order valence-corrected chi connectivity index (χ4v) is 7.74. The predicted molar refractivity (Wildman–Crippen MR) is 173 cm³/mol. The van der Waals surface area contributed by atoms with Crippen molar-refractivity contribution in [2.45, 2.75) is 139 Å². The summed E-state index contributed by atoms with van der Waals surface area (Å²) in [5.74, 6) is -2.10. The van der Waals surface area contributed by atoms with Crippen molar-refractivity contribution in [3.05, 3.63) is 12.2 Å². The summed E-state index contributed by atoms with van der Waals surface area (Å²) in [6, 6.07) is -2.19. The van der Waals surface area contributed by atoms with E-state index in [4.69, 9.17) is 21.1 Å². The second-order valence-electron chi connectivity index (χ2n) is 14.6. The first-order valence-electron chi connectivity index (χ1n) is 17.2. The van der Waals surface area contributed by atoms with Crippen molar-refractivity contribution < 1.29 is 33.8 Å². The van der Waals surface area contributed by atoms with Crippen LogP contribution in [0, 0.1) is 11.8 Å². The molecule has 0 spiro atoms. The normalized spacial score (nSPS) is 37.9. The number of hydrazine groups is 3. The molecular weight excluding hydrogens is 630 g/mol. The Morgan fingerprint density at radius 3 is 2.64 bits per heavy atom. The summed E-state index contributed by atoms with van der Waals surface area (Å²) < 4.78 is 11.3. The number of carbonyl (C=O) groups excluding carboxylic acids is 3. The number of nitrogens with one attached hydrogen (secondary N) is 5. The van der Waals surface area contributed by atoms with Crippen molar-refractivity contribution in [3.63, 3.8) is 0 Å². The molecular formula is C32H52ClN7O7. The van der Waals surface area contributed by atoms with Gasteiger partial charge in [0, 0.05) is 19.1 Å². The van der Waals surface area contributed by atoms with E-state index in [9.17, 15) is 24.3 Å². The molecule has 47 heavy (non-hydrogen) atoms. The number of hydrogen-bond donors (Lipinski definition) is 6. The Balaban J connectivity index is 1.34. The molecule has 2 saturated carbocycles. The number of nitrogens with zero attached hydrogens (tertiary/aromatic N) is 2. The van der Waals surface area contributed by atoms with E-state index in [2.05, 4.69) is 27.0 Å². The lowest BCUT2D eigenvalue weighted by Gasteiger charge is -2.35. The molecule has 4 fully saturated rings.